The van der Waals surface area contributed by atoms with Crippen LogP contribution < -0.4 is 0 Å². The zero-order chi connectivity index (χ0) is 20.9. The number of nitrogens with zero attached hydrogens (tertiary/aromatic N) is 2. The van der Waals surface area contributed by atoms with Gasteiger partial charge >= 0.3 is 0 Å². The number of aromatic nitrogens is 1. The van der Waals surface area contributed by atoms with Gasteiger partial charge in [0.15, 0.2) is 0 Å². The molecule has 0 saturated heterocycles. The van der Waals surface area contributed by atoms with Crippen molar-refractivity contribution in [3.05, 3.63) is 59.6 Å². The number of unbranched alkanes of at least 4 members (excludes halogenated alkanes) is 3. The lowest BCUT2D eigenvalue weighted by Crippen LogP contribution is -2.22. The van der Waals surface area contributed by atoms with Crippen molar-refractivity contribution in [3.63, 3.8) is 0 Å². The van der Waals surface area contributed by atoms with Gasteiger partial charge in [-0.3, -0.25) is 4.98 Å². The van der Waals surface area contributed by atoms with E-state index >= 15 is 0 Å². The molecule has 0 aliphatic carbocycles. The Morgan fingerprint density at radius 1 is 1.00 bits per heavy atom. The molecule has 1 aromatic carbocycles. The Balaban J connectivity index is 1.89. The Hall–Kier alpha value is -2.02. The van der Waals surface area contributed by atoms with Crippen LogP contribution in [0.25, 0.3) is 21.7 Å². The Morgan fingerprint density at radius 2 is 1.83 bits per heavy atom. The average molecular weight is 429 g/mol. The van der Waals surface area contributed by atoms with Gasteiger partial charge in [-0.15, -0.1) is 11.3 Å². The summed E-state index contributed by atoms with van der Waals surface area (Å²) in [6, 6.07) is 13.3. The molecule has 0 radical (unpaired) electrons. The van der Waals surface area contributed by atoms with Gasteiger partial charge in [0.2, 0.25) is 10.0 Å². The maximum absolute atomic E-state index is 12.5. The van der Waals surface area contributed by atoms with Crippen LogP contribution in [0.2, 0.25) is 0 Å². The number of aryl methyl sites for hydroxylation is 1. The maximum atomic E-state index is 12.5. The van der Waals surface area contributed by atoms with Crippen LogP contribution in [0.5, 0.6) is 0 Å². The van der Waals surface area contributed by atoms with Gasteiger partial charge in [0.05, 0.1) is 10.6 Å². The molecule has 154 valence electrons. The smallest absolute Gasteiger partial charge is 0.242 e. The molecule has 2 heterocycles. The van der Waals surface area contributed by atoms with Crippen molar-refractivity contribution >= 4 is 21.4 Å². The van der Waals surface area contributed by atoms with E-state index in [1.165, 1.54) is 40.4 Å². The van der Waals surface area contributed by atoms with Gasteiger partial charge in [0.1, 0.15) is 0 Å². The first-order valence-corrected chi connectivity index (χ1v) is 12.3. The number of thiophene rings is 1. The average Bonchev–Trinajstić information content (AvgIpc) is 3.20. The lowest BCUT2D eigenvalue weighted by atomic mass is 10.0. The highest BCUT2D eigenvalue weighted by Crippen LogP contribution is 2.33. The third kappa shape index (κ3) is 5.13. The molecule has 0 bridgehead atoms. The second-order valence-corrected chi connectivity index (χ2v) is 10.4. The first-order chi connectivity index (χ1) is 13.9. The lowest BCUT2D eigenvalue weighted by molar-refractivity contribution is 0.521. The minimum absolute atomic E-state index is 0.278. The first-order valence-electron chi connectivity index (χ1n) is 9.99. The largest absolute Gasteiger partial charge is 0.256 e. The quantitative estimate of drug-likeness (QED) is 0.402. The molecule has 0 saturated carbocycles. The molecule has 0 aliphatic rings. The third-order valence-electron chi connectivity index (χ3n) is 4.98. The van der Waals surface area contributed by atoms with Crippen LogP contribution in [-0.2, 0) is 16.4 Å². The Bertz CT molecular complexity index is 1060. The summed E-state index contributed by atoms with van der Waals surface area (Å²) in [6.07, 6.45) is 7.89. The van der Waals surface area contributed by atoms with Gasteiger partial charge in [-0.05, 0) is 59.7 Å². The van der Waals surface area contributed by atoms with E-state index in [4.69, 9.17) is 0 Å². The summed E-state index contributed by atoms with van der Waals surface area (Å²) in [4.78, 5) is 6.06. The summed E-state index contributed by atoms with van der Waals surface area (Å²) in [7, 11) is -0.392. The van der Waals surface area contributed by atoms with Crippen LogP contribution >= 0.6 is 11.3 Å². The molecule has 0 N–H and O–H groups in total. The van der Waals surface area contributed by atoms with Crippen molar-refractivity contribution in [2.45, 2.75) is 43.9 Å². The molecule has 0 amide bonds. The van der Waals surface area contributed by atoms with Crippen molar-refractivity contribution in [3.8, 4) is 21.7 Å². The Morgan fingerprint density at radius 3 is 2.59 bits per heavy atom. The molecule has 29 heavy (non-hydrogen) atoms. The summed E-state index contributed by atoms with van der Waals surface area (Å²) in [6.45, 7) is 2.23. The molecule has 0 fully saturated rings. The molecule has 4 nitrogen and oxygen atoms in total. The zero-order valence-electron chi connectivity index (χ0n) is 17.3. The van der Waals surface area contributed by atoms with Gasteiger partial charge in [0.25, 0.3) is 0 Å². The van der Waals surface area contributed by atoms with Crippen molar-refractivity contribution in [2.24, 2.45) is 0 Å². The Labute approximate surface area is 178 Å². The molecule has 0 atom stereocenters. The van der Waals surface area contributed by atoms with Crippen LogP contribution in [0.3, 0.4) is 0 Å². The van der Waals surface area contributed by atoms with Crippen LogP contribution in [0.15, 0.2) is 58.9 Å². The maximum Gasteiger partial charge on any atom is 0.242 e. The second kappa shape index (κ2) is 9.65. The molecular weight excluding hydrogens is 400 g/mol. The third-order valence-corrected chi connectivity index (χ3v) is 7.79. The molecule has 3 aromatic rings. The van der Waals surface area contributed by atoms with E-state index in [0.29, 0.717) is 0 Å². The van der Waals surface area contributed by atoms with E-state index in [9.17, 15) is 8.42 Å². The highest BCUT2D eigenvalue weighted by molar-refractivity contribution is 7.89. The van der Waals surface area contributed by atoms with Gasteiger partial charge < -0.3 is 0 Å². The monoisotopic (exact) mass is 428 g/mol. The van der Waals surface area contributed by atoms with Gasteiger partial charge in [-0.25, -0.2) is 12.7 Å². The highest BCUT2D eigenvalue weighted by Gasteiger charge is 2.18. The number of hydrogen-bond acceptors (Lipinski definition) is 4. The molecule has 0 unspecified atom stereocenters. The van der Waals surface area contributed by atoms with Crippen LogP contribution in [0, 0.1) is 0 Å². The summed E-state index contributed by atoms with van der Waals surface area (Å²) in [5, 5.41) is 2.15. The van der Waals surface area contributed by atoms with E-state index in [1.54, 1.807) is 49.8 Å². The summed E-state index contributed by atoms with van der Waals surface area (Å²) in [5.41, 5.74) is 4.10. The second-order valence-electron chi connectivity index (χ2n) is 7.33. The highest BCUT2D eigenvalue weighted by atomic mass is 32.2. The minimum atomic E-state index is -3.47. The Kier molecular flexibility index (Phi) is 7.22. The van der Waals surface area contributed by atoms with Gasteiger partial charge in [0, 0.05) is 30.7 Å². The minimum Gasteiger partial charge on any atom is -0.256 e. The molecule has 0 aliphatic heterocycles. The number of sulfonamides is 1. The van der Waals surface area contributed by atoms with Crippen molar-refractivity contribution in [1.29, 1.82) is 0 Å². The number of hydrogen-bond donors (Lipinski definition) is 0. The molecule has 2 aromatic heterocycles. The van der Waals surface area contributed by atoms with Crippen LogP contribution in [0.4, 0.5) is 0 Å². The fraction of sp³-hybridized carbons (Fsp3) is 0.348. The lowest BCUT2D eigenvalue weighted by Gasteiger charge is -2.12. The fourth-order valence-corrected chi connectivity index (χ4v) is 5.19. The van der Waals surface area contributed by atoms with Crippen LogP contribution in [-0.4, -0.2) is 31.8 Å². The van der Waals surface area contributed by atoms with Crippen molar-refractivity contribution < 1.29 is 8.42 Å². The zero-order valence-corrected chi connectivity index (χ0v) is 18.9. The number of pyridine rings is 1. The topological polar surface area (TPSA) is 50.3 Å². The standard InChI is InChI=1S/C23H28N2O2S2/c1-4-5-6-7-9-18-13-15-28-23(18)20-12-14-24-22(17-20)19-10-8-11-21(16-19)29(26,27)25(2)3/h8,10-17H,4-7,9H2,1-3H3. The number of rotatable bonds is 9. The van der Waals surface area contributed by atoms with Crippen molar-refractivity contribution in [2.75, 3.05) is 14.1 Å². The summed E-state index contributed by atoms with van der Waals surface area (Å²) in [5.74, 6) is 0. The summed E-state index contributed by atoms with van der Waals surface area (Å²) < 4.78 is 26.2. The SMILES string of the molecule is CCCCCCc1ccsc1-c1ccnc(-c2cccc(S(=O)(=O)N(C)C)c2)c1. The molecule has 6 heteroatoms. The molecule has 3 rings (SSSR count). The van der Waals surface area contributed by atoms with Crippen LogP contribution in [0.1, 0.15) is 38.2 Å². The predicted molar refractivity (Wildman–Crippen MR) is 122 cm³/mol. The molecular formula is C23H28N2O2S2. The first kappa shape index (κ1) is 21.7. The van der Waals surface area contributed by atoms with Gasteiger partial charge in [-0.1, -0.05) is 38.3 Å². The van der Waals surface area contributed by atoms with E-state index < -0.39 is 10.0 Å². The van der Waals surface area contributed by atoms with Crippen molar-refractivity contribution in [1.82, 2.24) is 9.29 Å². The predicted octanol–water partition coefficient (Wildman–Crippen LogP) is 5.85. The van der Waals surface area contributed by atoms with E-state index in [2.05, 4.69) is 29.4 Å². The number of benzene rings is 1. The summed E-state index contributed by atoms with van der Waals surface area (Å²) >= 11 is 1.75. The molecule has 0 spiro atoms. The van der Waals surface area contributed by atoms with E-state index in [1.807, 2.05) is 12.1 Å². The van der Waals surface area contributed by atoms with Gasteiger partial charge in [-0.2, -0.15) is 0 Å². The van der Waals surface area contributed by atoms with E-state index in [-0.39, 0.29) is 4.90 Å². The normalized spacial score (nSPS) is 11.9. The fourth-order valence-electron chi connectivity index (χ4n) is 3.28. The van der Waals surface area contributed by atoms with E-state index in [0.717, 1.165) is 23.2 Å².